The first kappa shape index (κ1) is 14.5. The third-order valence-corrected chi connectivity index (χ3v) is 2.86. The summed E-state index contributed by atoms with van der Waals surface area (Å²) in [5, 5.41) is 9.64. The van der Waals surface area contributed by atoms with Gasteiger partial charge >= 0.3 is 0 Å². The molecule has 1 aromatic carbocycles. The van der Waals surface area contributed by atoms with Crippen molar-refractivity contribution < 1.29 is 13.9 Å². The normalized spacial score (nSPS) is 11.7. The quantitative estimate of drug-likeness (QED) is 0.834. The van der Waals surface area contributed by atoms with Crippen LogP contribution in [0.2, 0.25) is 0 Å². The van der Waals surface area contributed by atoms with Crippen LogP contribution in [-0.2, 0) is 6.54 Å². The number of alkyl halides is 2. The highest BCUT2D eigenvalue weighted by molar-refractivity contribution is 5.87. The van der Waals surface area contributed by atoms with E-state index in [1.165, 1.54) is 4.90 Å². The Morgan fingerprint density at radius 1 is 1.25 bits per heavy atom. The van der Waals surface area contributed by atoms with Crippen LogP contribution in [0.1, 0.15) is 5.82 Å². The summed E-state index contributed by atoms with van der Waals surface area (Å²) in [7, 11) is 0. The Labute approximate surface area is 115 Å². The molecule has 0 amide bonds. The molecule has 0 aliphatic heterocycles. The smallest absolute Gasteiger partial charge is 0.251 e. The number of halogens is 2. The van der Waals surface area contributed by atoms with Crippen LogP contribution in [0.5, 0.6) is 0 Å². The summed E-state index contributed by atoms with van der Waals surface area (Å²) in [4.78, 5) is 9.83. The lowest BCUT2D eigenvalue weighted by atomic mass is 10.2. The molecule has 20 heavy (non-hydrogen) atoms. The summed E-state index contributed by atoms with van der Waals surface area (Å²) in [5.41, 5.74) is 6.52. The standard InChI is InChI=1S/C13H16F2N4O/c14-11(15)7-19(5-6-20)8-12-17-10-4-2-1-3-9(10)13(16)18-12/h1-4,11,20H,5-8H2,(H2,16,17,18). The molecule has 0 bridgehead atoms. The number of aromatic nitrogens is 2. The first-order valence-electron chi connectivity index (χ1n) is 6.22. The number of hydrogen-bond donors (Lipinski definition) is 2. The number of fused-ring (bicyclic) bond motifs is 1. The summed E-state index contributed by atoms with van der Waals surface area (Å²) < 4.78 is 24.9. The first-order chi connectivity index (χ1) is 9.60. The average Bonchev–Trinajstić information content (AvgIpc) is 2.38. The molecule has 0 fully saturated rings. The molecule has 0 aliphatic carbocycles. The van der Waals surface area contributed by atoms with Gasteiger partial charge in [-0.3, -0.25) is 4.90 Å². The number of benzene rings is 1. The molecule has 1 heterocycles. The SMILES string of the molecule is Nc1nc(CN(CCO)CC(F)F)nc2ccccc12. The van der Waals surface area contributed by atoms with Gasteiger partial charge in [0.15, 0.2) is 0 Å². The molecular formula is C13H16F2N4O. The number of para-hydroxylation sites is 1. The summed E-state index contributed by atoms with van der Waals surface area (Å²) >= 11 is 0. The van der Waals surface area contributed by atoms with Crippen LogP contribution in [0.3, 0.4) is 0 Å². The van der Waals surface area contributed by atoms with E-state index >= 15 is 0 Å². The molecular weight excluding hydrogens is 266 g/mol. The van der Waals surface area contributed by atoms with Gasteiger partial charge in [0.2, 0.25) is 0 Å². The molecule has 0 atom stereocenters. The van der Waals surface area contributed by atoms with Gasteiger partial charge in [-0.1, -0.05) is 12.1 Å². The molecule has 1 aromatic heterocycles. The fourth-order valence-corrected chi connectivity index (χ4v) is 1.99. The second kappa shape index (κ2) is 6.53. The molecule has 2 rings (SSSR count). The van der Waals surface area contributed by atoms with Crippen molar-refractivity contribution in [1.29, 1.82) is 0 Å². The minimum Gasteiger partial charge on any atom is -0.395 e. The monoisotopic (exact) mass is 282 g/mol. The van der Waals surface area contributed by atoms with Crippen molar-refractivity contribution in [2.45, 2.75) is 13.0 Å². The van der Waals surface area contributed by atoms with Crippen LogP contribution < -0.4 is 5.73 Å². The molecule has 2 aromatic rings. The van der Waals surface area contributed by atoms with Gasteiger partial charge in [0.05, 0.1) is 25.2 Å². The number of nitrogens with zero attached hydrogens (tertiary/aromatic N) is 3. The molecule has 0 radical (unpaired) electrons. The predicted molar refractivity (Wildman–Crippen MR) is 72.3 cm³/mol. The van der Waals surface area contributed by atoms with Crippen LogP contribution in [-0.4, -0.2) is 46.1 Å². The van der Waals surface area contributed by atoms with Gasteiger partial charge < -0.3 is 10.8 Å². The van der Waals surface area contributed by atoms with Crippen molar-refractivity contribution in [1.82, 2.24) is 14.9 Å². The number of anilines is 1. The van der Waals surface area contributed by atoms with Gasteiger partial charge in [0.25, 0.3) is 6.43 Å². The lowest BCUT2D eigenvalue weighted by Gasteiger charge is -2.20. The molecule has 0 saturated carbocycles. The molecule has 108 valence electrons. The van der Waals surface area contributed by atoms with E-state index in [4.69, 9.17) is 10.8 Å². The van der Waals surface area contributed by atoms with E-state index < -0.39 is 13.0 Å². The van der Waals surface area contributed by atoms with E-state index in [-0.39, 0.29) is 19.7 Å². The largest absolute Gasteiger partial charge is 0.395 e. The molecule has 5 nitrogen and oxygen atoms in total. The summed E-state index contributed by atoms with van der Waals surface area (Å²) in [5.74, 6) is 0.696. The van der Waals surface area contributed by atoms with Crippen LogP contribution in [0, 0.1) is 0 Å². The molecule has 0 aliphatic rings. The van der Waals surface area contributed by atoms with Crippen molar-refractivity contribution >= 4 is 16.7 Å². The Morgan fingerprint density at radius 3 is 2.70 bits per heavy atom. The number of hydrogen-bond acceptors (Lipinski definition) is 5. The topological polar surface area (TPSA) is 75.3 Å². The minimum atomic E-state index is -2.47. The fraction of sp³-hybridized carbons (Fsp3) is 0.385. The third-order valence-electron chi connectivity index (χ3n) is 2.86. The zero-order valence-corrected chi connectivity index (χ0v) is 10.8. The van der Waals surface area contributed by atoms with Gasteiger partial charge in [-0.15, -0.1) is 0 Å². The van der Waals surface area contributed by atoms with Crippen molar-refractivity contribution in [2.75, 3.05) is 25.4 Å². The Hall–Kier alpha value is -1.86. The zero-order valence-electron chi connectivity index (χ0n) is 10.8. The van der Waals surface area contributed by atoms with Gasteiger partial charge in [0.1, 0.15) is 11.6 Å². The van der Waals surface area contributed by atoms with E-state index in [1.807, 2.05) is 12.1 Å². The average molecular weight is 282 g/mol. The van der Waals surface area contributed by atoms with E-state index in [0.717, 1.165) is 5.39 Å². The Bertz CT molecular complexity index is 579. The van der Waals surface area contributed by atoms with E-state index in [9.17, 15) is 8.78 Å². The number of rotatable bonds is 6. The lowest BCUT2D eigenvalue weighted by molar-refractivity contribution is 0.0734. The maximum atomic E-state index is 12.5. The number of aliphatic hydroxyl groups excluding tert-OH is 1. The number of nitrogen functional groups attached to an aromatic ring is 1. The predicted octanol–water partition coefficient (Wildman–Crippen LogP) is 1.27. The molecule has 0 spiro atoms. The molecule has 3 N–H and O–H groups in total. The maximum Gasteiger partial charge on any atom is 0.251 e. The van der Waals surface area contributed by atoms with Crippen LogP contribution in [0.4, 0.5) is 14.6 Å². The highest BCUT2D eigenvalue weighted by Gasteiger charge is 2.14. The Morgan fingerprint density at radius 2 is 2.00 bits per heavy atom. The molecule has 0 saturated heterocycles. The van der Waals surface area contributed by atoms with Gasteiger partial charge in [-0.05, 0) is 12.1 Å². The number of aliphatic hydroxyl groups is 1. The second-order valence-corrected chi connectivity index (χ2v) is 4.39. The summed E-state index contributed by atoms with van der Waals surface area (Å²) in [6.45, 7) is -0.368. The Balaban J connectivity index is 2.23. The fourth-order valence-electron chi connectivity index (χ4n) is 1.99. The van der Waals surface area contributed by atoms with E-state index in [2.05, 4.69) is 9.97 Å². The summed E-state index contributed by atoms with van der Waals surface area (Å²) in [6.07, 6.45) is -2.47. The van der Waals surface area contributed by atoms with Gasteiger partial charge in [0, 0.05) is 11.9 Å². The van der Waals surface area contributed by atoms with Crippen molar-refractivity contribution in [3.05, 3.63) is 30.1 Å². The summed E-state index contributed by atoms with van der Waals surface area (Å²) in [6, 6.07) is 7.25. The van der Waals surface area contributed by atoms with Gasteiger partial charge in [-0.25, -0.2) is 18.7 Å². The lowest BCUT2D eigenvalue weighted by Crippen LogP contribution is -2.32. The van der Waals surface area contributed by atoms with Crippen LogP contribution in [0.15, 0.2) is 24.3 Å². The van der Waals surface area contributed by atoms with Crippen LogP contribution in [0.25, 0.3) is 10.9 Å². The molecule has 0 unspecified atom stereocenters. The highest BCUT2D eigenvalue weighted by atomic mass is 19.3. The number of nitrogens with two attached hydrogens (primary N) is 1. The van der Waals surface area contributed by atoms with E-state index in [1.54, 1.807) is 12.1 Å². The zero-order chi connectivity index (χ0) is 14.5. The Kier molecular flexibility index (Phi) is 4.75. The van der Waals surface area contributed by atoms with E-state index in [0.29, 0.717) is 17.2 Å². The van der Waals surface area contributed by atoms with Crippen LogP contribution >= 0.6 is 0 Å². The second-order valence-electron chi connectivity index (χ2n) is 4.39. The first-order valence-corrected chi connectivity index (χ1v) is 6.22. The molecule has 7 heteroatoms. The van der Waals surface area contributed by atoms with Crippen molar-refractivity contribution in [2.24, 2.45) is 0 Å². The highest BCUT2D eigenvalue weighted by Crippen LogP contribution is 2.17. The van der Waals surface area contributed by atoms with Crippen molar-refractivity contribution in [3.8, 4) is 0 Å². The minimum absolute atomic E-state index is 0.125. The third kappa shape index (κ3) is 3.58. The van der Waals surface area contributed by atoms with Gasteiger partial charge in [-0.2, -0.15) is 0 Å². The maximum absolute atomic E-state index is 12.5. The van der Waals surface area contributed by atoms with Crippen molar-refractivity contribution in [3.63, 3.8) is 0 Å².